The van der Waals surface area contributed by atoms with Crippen molar-refractivity contribution in [3.05, 3.63) is 498 Å². The monoisotopic (exact) mass is 1790 g/mol. The van der Waals surface area contributed by atoms with Gasteiger partial charge in [0.15, 0.2) is 0 Å². The van der Waals surface area contributed by atoms with Gasteiger partial charge in [0.2, 0.25) is 0 Å². The Bertz CT molecular complexity index is 9700. The van der Waals surface area contributed by atoms with E-state index in [1.54, 1.807) is 0 Å². The third-order valence-corrected chi connectivity index (χ3v) is 31.0. The molecule has 0 saturated heterocycles. The maximum atomic E-state index is 6.31. The van der Waals surface area contributed by atoms with Crippen molar-refractivity contribution in [1.82, 2.24) is 4.98 Å². The zero-order valence-electron chi connectivity index (χ0n) is 77.1. The van der Waals surface area contributed by atoms with Gasteiger partial charge in [-0.15, -0.1) is 0 Å². The first-order valence-corrected chi connectivity index (χ1v) is 48.8. The van der Waals surface area contributed by atoms with E-state index in [1.807, 2.05) is 54.7 Å². The van der Waals surface area contributed by atoms with Gasteiger partial charge in [0.25, 0.3) is 0 Å². The van der Waals surface area contributed by atoms with Crippen LogP contribution in [0.1, 0.15) is 80.6 Å². The molecule has 5 aromatic heterocycles. The summed E-state index contributed by atoms with van der Waals surface area (Å²) >= 11 is 0. The summed E-state index contributed by atoms with van der Waals surface area (Å²) in [5, 5.41) is 22.2. The normalized spacial score (nSPS) is 13.1. The maximum absolute atomic E-state index is 6.31. The van der Waals surface area contributed by atoms with Crippen molar-refractivity contribution >= 4 is 142 Å². The molecule has 656 valence electrons. The Kier molecular flexibility index (Phi) is 17.8. The van der Waals surface area contributed by atoms with Gasteiger partial charge in [0.1, 0.15) is 44.7 Å². The van der Waals surface area contributed by atoms with E-state index in [-0.39, 0.29) is 5.41 Å². The van der Waals surface area contributed by atoms with Crippen molar-refractivity contribution in [2.75, 3.05) is 0 Å². The Morgan fingerprint density at radius 2 is 0.536 bits per heavy atom. The molecule has 0 atom stereocenters. The minimum Gasteiger partial charge on any atom is -0.456 e. The molecule has 0 radical (unpaired) electrons. The first kappa shape index (κ1) is 79.8. The second-order valence-corrected chi connectivity index (χ2v) is 39.2. The van der Waals surface area contributed by atoms with E-state index in [1.165, 1.54) is 253 Å². The first-order valence-electron chi connectivity index (χ1n) is 48.8. The highest BCUT2D eigenvalue weighted by atomic mass is 16.3. The molecule has 5 nitrogen and oxygen atoms in total. The summed E-state index contributed by atoms with van der Waals surface area (Å²) in [6.45, 7) is 4.71. The Hall–Kier alpha value is -17.5. The SMILES string of the molecule is CC1(C)c2ccccc2-c2c1ccc1cc3c(cc21)-c1ccccc1C3.c1ccc(-c2ccc3c(c2)-c2cc4c(ccc5c6ccccc6oc45)cc2C3)cc1.c1ccc(-c2ccc3c(c2)-c2cc4c(ccc5c6ccccc6oc45)cc2C3)nc1.c1ccc(-c2ccc3c(c2)-c2cc4c(ccc5oc6ccccc6c54)cc2C3)cc1.c1ccc2c(c1)Cc1cc3ccc4c5ccccc5oc4c3cc1-2. The number of hydrogen-bond acceptors (Lipinski definition) is 5. The second-order valence-electron chi connectivity index (χ2n) is 39.2. The summed E-state index contributed by atoms with van der Waals surface area (Å²) in [4.78, 5) is 4.53. The highest BCUT2D eigenvalue weighted by molar-refractivity contribution is 6.22. The average Bonchev–Trinajstić information content (AvgIpc) is 1.53. The van der Waals surface area contributed by atoms with E-state index >= 15 is 0 Å². The van der Waals surface area contributed by atoms with E-state index < -0.39 is 0 Å². The summed E-state index contributed by atoms with van der Waals surface area (Å²) in [6, 6.07) is 153. The van der Waals surface area contributed by atoms with Crippen molar-refractivity contribution in [2.24, 2.45) is 0 Å². The molecule has 0 aliphatic heterocycles. The molecule has 0 amide bonds. The number of rotatable bonds is 3. The molecule has 0 spiro atoms. The van der Waals surface area contributed by atoms with Crippen molar-refractivity contribution in [1.29, 1.82) is 0 Å². The van der Waals surface area contributed by atoms with Crippen LogP contribution in [0, 0.1) is 0 Å². The van der Waals surface area contributed by atoms with Gasteiger partial charge in [0, 0.05) is 76.4 Å². The van der Waals surface area contributed by atoms with Crippen LogP contribution in [0.25, 0.3) is 242 Å². The van der Waals surface area contributed by atoms with Crippen molar-refractivity contribution < 1.29 is 17.7 Å². The zero-order chi connectivity index (χ0) is 92.1. The van der Waals surface area contributed by atoms with Gasteiger partial charge in [-0.05, 0) is 335 Å². The Morgan fingerprint density at radius 3 is 1.01 bits per heavy atom. The standard InChI is InChI=1S/2C29H18O.C28H17NO.C26H20.C23H14O/c1-2-6-18(7-3-1)19-10-11-20-14-22-15-21-12-13-28-29(23-8-4-5-9-27(23)30-28)26(21)17-25(22)24(20)16-19;1-2-6-18(7-3-1)19-10-11-20-14-22-15-21-12-13-24-23-8-4-5-9-28(23)30-29(24)27(21)17-26(22)25(20)16-19;1-2-7-27-21(5-1)22-11-10-18-14-20-13-17-8-9-19(26-6-3-4-12-29-26)15-23(17)24(20)16-25(18)28(22)30-27;1-26(2)23-10-6-5-9-20(23)25-22-15-21-18(14-17(22)11-12-24(25)26)13-16-7-3-4-8-19(16)21;1-2-6-17-14(5-1)11-16-12-15-9-10-19-18-7-3-4-8-22(18)24-23(19)21(15)13-20(16)17/h2*1-13,15-17H,14H2;1-12,14-16H,13H2;3-12,14-15H,13H2,1-2H3;1-10,12-13H,11H2. The minimum atomic E-state index is 0.0665. The average molecular weight is 1790 g/mol. The van der Waals surface area contributed by atoms with Crippen LogP contribution in [-0.2, 0) is 37.5 Å². The van der Waals surface area contributed by atoms with Crippen LogP contribution in [0.3, 0.4) is 0 Å². The topological polar surface area (TPSA) is 65.5 Å². The molecule has 0 unspecified atom stereocenters. The summed E-state index contributed by atoms with van der Waals surface area (Å²) in [6.07, 6.45) is 6.90. The maximum Gasteiger partial charge on any atom is 0.143 e. The fraction of sp³-hybridized carbons (Fsp3) is 0.0593. The predicted octanol–water partition coefficient (Wildman–Crippen LogP) is 36.4. The zero-order valence-corrected chi connectivity index (χ0v) is 77.1. The van der Waals surface area contributed by atoms with Crippen LogP contribution >= 0.6 is 0 Å². The summed E-state index contributed by atoms with van der Waals surface area (Å²) in [7, 11) is 0. The smallest absolute Gasteiger partial charge is 0.143 e. The van der Waals surface area contributed by atoms with Gasteiger partial charge in [-0.1, -0.05) is 329 Å². The predicted molar refractivity (Wildman–Crippen MR) is 582 cm³/mol. The molecule has 22 aromatic carbocycles. The third kappa shape index (κ3) is 12.7. The van der Waals surface area contributed by atoms with Gasteiger partial charge in [-0.2, -0.15) is 0 Å². The van der Waals surface area contributed by atoms with E-state index in [9.17, 15) is 0 Å². The lowest BCUT2D eigenvalue weighted by atomic mass is 9.82. The molecule has 0 saturated carbocycles. The molecule has 6 aliphatic carbocycles. The van der Waals surface area contributed by atoms with Crippen LogP contribution in [-0.4, -0.2) is 4.98 Å². The Labute approximate surface area is 807 Å². The Morgan fingerprint density at radius 1 is 0.193 bits per heavy atom. The van der Waals surface area contributed by atoms with E-state index in [0.29, 0.717) is 0 Å². The molecule has 5 heteroatoms. The third-order valence-electron chi connectivity index (χ3n) is 31.0. The molecular formula is C135H87NO4. The molecular weight excluding hydrogens is 1700 g/mol. The molecule has 0 bridgehead atoms. The van der Waals surface area contributed by atoms with Crippen molar-refractivity contribution in [2.45, 2.75) is 51.4 Å². The van der Waals surface area contributed by atoms with Gasteiger partial charge in [-0.25, -0.2) is 0 Å². The van der Waals surface area contributed by atoms with Crippen LogP contribution in [0.15, 0.2) is 449 Å². The molecule has 6 aliphatic rings. The summed E-state index contributed by atoms with van der Waals surface area (Å²) in [5.41, 5.74) is 48.5. The van der Waals surface area contributed by atoms with Gasteiger partial charge in [-0.3, -0.25) is 4.98 Å². The largest absolute Gasteiger partial charge is 0.456 e. The number of hydrogen-bond donors (Lipinski definition) is 0. The summed E-state index contributed by atoms with van der Waals surface area (Å²) in [5.74, 6) is 0. The van der Waals surface area contributed by atoms with Gasteiger partial charge in [0.05, 0.1) is 5.69 Å². The lowest BCUT2D eigenvalue weighted by Crippen LogP contribution is -2.14. The highest BCUT2D eigenvalue weighted by Gasteiger charge is 2.37. The summed E-state index contributed by atoms with van der Waals surface area (Å²) < 4.78 is 24.9. The lowest BCUT2D eigenvalue weighted by Gasteiger charge is -2.21. The van der Waals surface area contributed by atoms with Gasteiger partial charge < -0.3 is 17.7 Å². The quantitative estimate of drug-likeness (QED) is 0.176. The van der Waals surface area contributed by atoms with Crippen LogP contribution in [0.5, 0.6) is 0 Å². The number of fused-ring (bicyclic) bond motifs is 40. The van der Waals surface area contributed by atoms with Crippen molar-refractivity contribution in [3.8, 4) is 100 Å². The van der Waals surface area contributed by atoms with E-state index in [4.69, 9.17) is 17.7 Å². The highest BCUT2D eigenvalue weighted by Crippen LogP contribution is 2.55. The molecule has 0 N–H and O–H groups in total. The number of furan rings is 4. The second kappa shape index (κ2) is 31.3. The molecule has 140 heavy (non-hydrogen) atoms. The van der Waals surface area contributed by atoms with Crippen molar-refractivity contribution in [3.63, 3.8) is 0 Å². The van der Waals surface area contributed by atoms with E-state index in [2.05, 4.69) is 395 Å². The van der Waals surface area contributed by atoms with Gasteiger partial charge >= 0.3 is 0 Å². The first-order chi connectivity index (χ1) is 69.1. The van der Waals surface area contributed by atoms with Crippen LogP contribution in [0.4, 0.5) is 0 Å². The number of pyridine rings is 1. The molecule has 33 rings (SSSR count). The number of aromatic nitrogens is 1. The van der Waals surface area contributed by atoms with E-state index in [0.717, 1.165) is 88.0 Å². The number of benzene rings is 22. The fourth-order valence-electron chi connectivity index (χ4n) is 24.2. The molecule has 27 aromatic rings. The molecule has 0 fully saturated rings. The number of nitrogens with zero attached hydrogens (tertiary/aromatic N) is 1. The fourth-order valence-corrected chi connectivity index (χ4v) is 24.2. The molecule has 5 heterocycles. The van der Waals surface area contributed by atoms with Crippen LogP contribution in [0.2, 0.25) is 0 Å². The number of para-hydroxylation sites is 4. The minimum absolute atomic E-state index is 0.0665. The lowest BCUT2D eigenvalue weighted by molar-refractivity contribution is 0.661. The Balaban J connectivity index is 0.0000000842. The van der Waals surface area contributed by atoms with Crippen LogP contribution < -0.4 is 0 Å².